The molecule has 3 nitrogen and oxygen atoms in total. The van der Waals surface area contributed by atoms with Gasteiger partial charge in [0.1, 0.15) is 17.8 Å². The number of aromatic nitrogens is 2. The highest BCUT2D eigenvalue weighted by Gasteiger charge is 2.14. The zero-order chi connectivity index (χ0) is 12.5. The first-order valence-electron chi connectivity index (χ1n) is 6.40. The van der Waals surface area contributed by atoms with E-state index in [1.54, 1.807) is 0 Å². The van der Waals surface area contributed by atoms with Gasteiger partial charge in [0.2, 0.25) is 0 Å². The Labute approximate surface area is 108 Å². The highest BCUT2D eigenvalue weighted by molar-refractivity contribution is 8.03. The number of aryl methyl sites for hydroxylation is 2. The number of unbranched alkanes of at least 4 members (excludes halogenated alkanes) is 5. The van der Waals surface area contributed by atoms with Crippen molar-refractivity contribution in [2.24, 2.45) is 7.05 Å². The molecule has 0 fully saturated rings. The summed E-state index contributed by atoms with van der Waals surface area (Å²) in [5.74, 6) is 0. The Hall–Kier alpha value is -0.950. The zero-order valence-corrected chi connectivity index (χ0v) is 11.7. The zero-order valence-electron chi connectivity index (χ0n) is 10.9. The third kappa shape index (κ3) is 4.82. The number of rotatable bonds is 8. The van der Waals surface area contributed by atoms with Crippen molar-refractivity contribution >= 4 is 11.8 Å². The third-order valence-corrected chi connectivity index (χ3v) is 3.70. The Kier molecular flexibility index (Phi) is 6.80. The fourth-order valence-electron chi connectivity index (χ4n) is 1.91. The summed E-state index contributed by atoms with van der Waals surface area (Å²) in [5, 5.41) is 11.9. The summed E-state index contributed by atoms with van der Waals surface area (Å²) in [7, 11) is 1.98. The van der Waals surface area contributed by atoms with Crippen molar-refractivity contribution in [3.63, 3.8) is 0 Å². The number of thioether (sulfide) groups is 1. The van der Waals surface area contributed by atoms with E-state index in [2.05, 4.69) is 23.1 Å². The second kappa shape index (κ2) is 8.19. The lowest BCUT2D eigenvalue weighted by atomic mass is 10.1. The average molecular weight is 252 g/mol. The number of imidazole rings is 1. The summed E-state index contributed by atoms with van der Waals surface area (Å²) in [6.45, 7) is 3.27. The van der Waals surface area contributed by atoms with E-state index in [0.29, 0.717) is 0 Å². The topological polar surface area (TPSA) is 32.6 Å². The minimum Gasteiger partial charge on any atom is -0.226 e. The van der Waals surface area contributed by atoms with Gasteiger partial charge in [-0.2, -0.15) is 5.26 Å². The lowest BCUT2D eigenvalue weighted by Crippen LogP contribution is -2.28. The third-order valence-electron chi connectivity index (χ3n) is 2.91. The predicted molar refractivity (Wildman–Crippen MR) is 70.5 cm³/mol. The number of hydrogen-bond acceptors (Lipinski definition) is 2. The molecule has 0 saturated carbocycles. The van der Waals surface area contributed by atoms with Crippen LogP contribution < -0.4 is 4.57 Å². The van der Waals surface area contributed by atoms with Gasteiger partial charge in [0, 0.05) is 0 Å². The van der Waals surface area contributed by atoms with Gasteiger partial charge in [0.05, 0.1) is 25.4 Å². The summed E-state index contributed by atoms with van der Waals surface area (Å²) in [5.41, 5.74) is 0. The summed E-state index contributed by atoms with van der Waals surface area (Å²) < 4.78 is 4.18. The molecule has 0 aromatic carbocycles. The molecule has 1 rings (SSSR count). The van der Waals surface area contributed by atoms with Crippen LogP contribution in [-0.4, -0.2) is 4.57 Å². The van der Waals surface area contributed by atoms with Gasteiger partial charge < -0.3 is 0 Å². The van der Waals surface area contributed by atoms with Crippen molar-refractivity contribution in [3.05, 3.63) is 12.4 Å². The molecule has 0 amide bonds. The van der Waals surface area contributed by atoms with Gasteiger partial charge in [0.25, 0.3) is 0 Å². The molecular weight excluding hydrogens is 230 g/mol. The Bertz CT molecular complexity index is 365. The maximum Gasteiger partial charge on any atom is 0.332 e. The fraction of sp³-hybridized carbons (Fsp3) is 0.692. The monoisotopic (exact) mass is 252 g/mol. The number of nitrogens with zero attached hydrogens (tertiary/aromatic N) is 3. The molecular formula is C13H22N3S+. The summed E-state index contributed by atoms with van der Waals surface area (Å²) >= 11 is 1.24. The molecule has 94 valence electrons. The van der Waals surface area contributed by atoms with Gasteiger partial charge in [-0.05, 0) is 12.8 Å². The molecule has 1 aromatic rings. The first kappa shape index (κ1) is 14.1. The first-order chi connectivity index (χ1) is 8.29. The van der Waals surface area contributed by atoms with E-state index in [4.69, 9.17) is 5.26 Å². The van der Waals surface area contributed by atoms with E-state index >= 15 is 0 Å². The van der Waals surface area contributed by atoms with Crippen LogP contribution in [0.3, 0.4) is 0 Å². The smallest absolute Gasteiger partial charge is 0.226 e. The molecule has 1 aromatic heterocycles. The molecule has 0 aliphatic rings. The molecule has 0 saturated heterocycles. The predicted octanol–water partition coefficient (Wildman–Crippen LogP) is 3.25. The van der Waals surface area contributed by atoms with Crippen LogP contribution in [0.5, 0.6) is 0 Å². The molecule has 0 aliphatic heterocycles. The van der Waals surface area contributed by atoms with Crippen molar-refractivity contribution in [2.45, 2.75) is 57.1 Å². The first-order valence-corrected chi connectivity index (χ1v) is 7.22. The minimum atomic E-state index is 1.02. The van der Waals surface area contributed by atoms with Crippen molar-refractivity contribution in [1.82, 2.24) is 4.57 Å². The molecule has 17 heavy (non-hydrogen) atoms. The number of hydrogen-bond donors (Lipinski definition) is 0. The SMILES string of the molecule is CCCCCCCCn1cc[n+](C)c1SC#N. The van der Waals surface area contributed by atoms with Crippen LogP contribution in [-0.2, 0) is 13.6 Å². The number of thiocyanates is 1. The highest BCUT2D eigenvalue weighted by Crippen LogP contribution is 2.13. The molecule has 0 aliphatic carbocycles. The molecule has 0 bridgehead atoms. The number of nitriles is 1. The van der Waals surface area contributed by atoms with E-state index in [1.807, 2.05) is 17.8 Å². The van der Waals surface area contributed by atoms with Gasteiger partial charge in [-0.25, -0.2) is 9.13 Å². The van der Waals surface area contributed by atoms with Crippen molar-refractivity contribution in [3.8, 4) is 5.40 Å². The van der Waals surface area contributed by atoms with Crippen LogP contribution in [0.1, 0.15) is 45.4 Å². The normalized spacial score (nSPS) is 10.4. The lowest BCUT2D eigenvalue weighted by molar-refractivity contribution is -0.709. The molecule has 0 unspecified atom stereocenters. The molecule has 0 N–H and O–H groups in total. The van der Waals surface area contributed by atoms with Crippen LogP contribution >= 0.6 is 11.8 Å². The van der Waals surface area contributed by atoms with Gasteiger partial charge in [0.15, 0.2) is 0 Å². The lowest BCUT2D eigenvalue weighted by Gasteiger charge is -2.00. The van der Waals surface area contributed by atoms with Gasteiger partial charge in [-0.3, -0.25) is 0 Å². The molecule has 0 atom stereocenters. The largest absolute Gasteiger partial charge is 0.332 e. The van der Waals surface area contributed by atoms with Gasteiger partial charge in [-0.1, -0.05) is 32.6 Å². The van der Waals surface area contributed by atoms with Crippen LogP contribution in [0, 0.1) is 10.7 Å². The Morgan fingerprint density at radius 1 is 1.29 bits per heavy atom. The summed E-state index contributed by atoms with van der Waals surface area (Å²) in [6, 6.07) is 0. The Morgan fingerprint density at radius 2 is 2.00 bits per heavy atom. The van der Waals surface area contributed by atoms with Gasteiger partial charge >= 0.3 is 5.16 Å². The summed E-state index contributed by atoms with van der Waals surface area (Å²) in [4.78, 5) is 0. The second-order valence-corrected chi connectivity index (χ2v) is 5.10. The molecule has 4 heteroatoms. The average Bonchev–Trinajstić information content (AvgIpc) is 2.66. The minimum absolute atomic E-state index is 1.02. The Morgan fingerprint density at radius 3 is 2.71 bits per heavy atom. The summed E-state index contributed by atoms with van der Waals surface area (Å²) in [6.07, 6.45) is 11.9. The molecule has 1 heterocycles. The standard InChI is InChI=1S/C13H22N3S/c1-3-4-5-6-7-8-9-16-11-10-15(2)13(16)17-12-14/h10-11H,3-9H2,1-2H3/q+1. The maximum absolute atomic E-state index is 8.74. The van der Waals surface area contributed by atoms with Crippen molar-refractivity contribution < 1.29 is 4.57 Å². The molecule has 0 spiro atoms. The van der Waals surface area contributed by atoms with Gasteiger partial charge in [-0.15, -0.1) is 0 Å². The fourth-order valence-corrected chi connectivity index (χ4v) is 2.47. The van der Waals surface area contributed by atoms with E-state index in [1.165, 1.54) is 50.3 Å². The highest BCUT2D eigenvalue weighted by atomic mass is 32.2. The quantitative estimate of drug-likeness (QED) is 0.308. The van der Waals surface area contributed by atoms with E-state index in [9.17, 15) is 0 Å². The van der Waals surface area contributed by atoms with Crippen molar-refractivity contribution in [2.75, 3.05) is 0 Å². The second-order valence-electron chi connectivity index (χ2n) is 4.35. The van der Waals surface area contributed by atoms with E-state index in [0.717, 1.165) is 11.7 Å². The van der Waals surface area contributed by atoms with E-state index in [-0.39, 0.29) is 0 Å². The van der Waals surface area contributed by atoms with Crippen LogP contribution in [0.2, 0.25) is 0 Å². The van der Waals surface area contributed by atoms with Crippen molar-refractivity contribution in [1.29, 1.82) is 5.26 Å². The van der Waals surface area contributed by atoms with Crippen LogP contribution in [0.25, 0.3) is 0 Å². The maximum atomic E-state index is 8.74. The van der Waals surface area contributed by atoms with E-state index < -0.39 is 0 Å². The Balaban J connectivity index is 2.29. The van der Waals surface area contributed by atoms with Crippen LogP contribution in [0.4, 0.5) is 0 Å². The van der Waals surface area contributed by atoms with Crippen LogP contribution in [0.15, 0.2) is 17.6 Å². The molecule has 0 radical (unpaired) electrons.